The summed E-state index contributed by atoms with van der Waals surface area (Å²) in [5.41, 5.74) is 1.63. The minimum absolute atomic E-state index is 0.0864. The summed E-state index contributed by atoms with van der Waals surface area (Å²) in [5.74, 6) is 1.22. The van der Waals surface area contributed by atoms with E-state index in [0.717, 1.165) is 16.3 Å². The average molecular weight is 320 g/mol. The molecule has 1 amide bonds. The zero-order chi connectivity index (χ0) is 16.3. The molecule has 0 bridgehead atoms. The van der Waals surface area contributed by atoms with Crippen LogP contribution in [0.3, 0.4) is 0 Å². The SMILES string of the molecule is COc1ccc(-c2nc(C)c(C(=O)NC(C)C)s2)cc1OC. The minimum atomic E-state index is -0.0864. The van der Waals surface area contributed by atoms with Crippen LogP contribution < -0.4 is 14.8 Å². The van der Waals surface area contributed by atoms with Crippen molar-refractivity contribution in [3.63, 3.8) is 0 Å². The van der Waals surface area contributed by atoms with Crippen LogP contribution in [-0.2, 0) is 0 Å². The normalized spacial score (nSPS) is 10.6. The van der Waals surface area contributed by atoms with Gasteiger partial charge in [0.15, 0.2) is 11.5 Å². The van der Waals surface area contributed by atoms with Gasteiger partial charge in [0.1, 0.15) is 9.88 Å². The minimum Gasteiger partial charge on any atom is -0.493 e. The Kier molecular flexibility index (Phi) is 5.03. The molecule has 0 unspecified atom stereocenters. The third-order valence-electron chi connectivity index (χ3n) is 3.05. The van der Waals surface area contributed by atoms with Crippen molar-refractivity contribution in [1.29, 1.82) is 0 Å². The highest BCUT2D eigenvalue weighted by Gasteiger charge is 2.17. The largest absolute Gasteiger partial charge is 0.493 e. The molecule has 5 nitrogen and oxygen atoms in total. The van der Waals surface area contributed by atoms with E-state index in [1.807, 2.05) is 39.0 Å². The molecular formula is C16H20N2O3S. The maximum Gasteiger partial charge on any atom is 0.263 e. The topological polar surface area (TPSA) is 60.5 Å². The molecule has 1 aromatic heterocycles. The molecular weight excluding hydrogens is 300 g/mol. The van der Waals surface area contributed by atoms with Crippen molar-refractivity contribution in [2.75, 3.05) is 14.2 Å². The summed E-state index contributed by atoms with van der Waals surface area (Å²) in [4.78, 5) is 17.3. The lowest BCUT2D eigenvalue weighted by atomic mass is 10.2. The van der Waals surface area contributed by atoms with E-state index < -0.39 is 0 Å². The summed E-state index contributed by atoms with van der Waals surface area (Å²) in [7, 11) is 3.19. The summed E-state index contributed by atoms with van der Waals surface area (Å²) in [6.45, 7) is 5.71. The Labute approximate surface area is 134 Å². The number of carbonyl (C=O) groups is 1. The molecule has 0 radical (unpaired) electrons. The number of nitrogens with zero attached hydrogens (tertiary/aromatic N) is 1. The molecule has 1 N–H and O–H groups in total. The number of ether oxygens (including phenoxy) is 2. The number of carbonyl (C=O) groups excluding carboxylic acids is 1. The molecule has 0 spiro atoms. The van der Waals surface area contributed by atoms with Crippen molar-refractivity contribution in [3.05, 3.63) is 28.8 Å². The third-order valence-corrected chi connectivity index (χ3v) is 4.26. The summed E-state index contributed by atoms with van der Waals surface area (Å²) in [6, 6.07) is 5.70. The van der Waals surface area contributed by atoms with Gasteiger partial charge < -0.3 is 14.8 Å². The average Bonchev–Trinajstić information content (AvgIpc) is 2.87. The fourth-order valence-corrected chi connectivity index (χ4v) is 2.99. The van der Waals surface area contributed by atoms with E-state index in [9.17, 15) is 4.79 Å². The first kappa shape index (κ1) is 16.3. The standard InChI is InChI=1S/C16H20N2O3S/c1-9(2)17-15(19)14-10(3)18-16(22-14)11-6-7-12(20-4)13(8-11)21-5/h6-9H,1-5H3,(H,17,19). The second kappa shape index (κ2) is 6.79. The van der Waals surface area contributed by atoms with Crippen molar-refractivity contribution < 1.29 is 14.3 Å². The van der Waals surface area contributed by atoms with Crippen LogP contribution in [0.2, 0.25) is 0 Å². The van der Waals surface area contributed by atoms with Crippen LogP contribution >= 0.6 is 11.3 Å². The van der Waals surface area contributed by atoms with E-state index in [1.54, 1.807) is 14.2 Å². The van der Waals surface area contributed by atoms with Gasteiger partial charge in [-0.2, -0.15) is 0 Å². The Morgan fingerprint density at radius 2 is 1.91 bits per heavy atom. The van der Waals surface area contributed by atoms with Gasteiger partial charge in [0.05, 0.1) is 19.9 Å². The number of thiazole rings is 1. The molecule has 118 valence electrons. The van der Waals surface area contributed by atoms with Crippen LogP contribution in [0.1, 0.15) is 29.2 Å². The molecule has 0 aliphatic rings. The monoisotopic (exact) mass is 320 g/mol. The summed E-state index contributed by atoms with van der Waals surface area (Å²) in [6.07, 6.45) is 0. The lowest BCUT2D eigenvalue weighted by molar-refractivity contribution is 0.0946. The van der Waals surface area contributed by atoms with Gasteiger partial charge in [-0.15, -0.1) is 11.3 Å². The number of aryl methyl sites for hydroxylation is 1. The summed E-state index contributed by atoms with van der Waals surface area (Å²) >= 11 is 1.38. The molecule has 6 heteroatoms. The molecule has 0 saturated carbocycles. The first-order valence-corrected chi connectivity index (χ1v) is 7.78. The van der Waals surface area contributed by atoms with E-state index in [4.69, 9.17) is 9.47 Å². The predicted molar refractivity (Wildman–Crippen MR) is 88.0 cm³/mol. The number of rotatable bonds is 5. The summed E-state index contributed by atoms with van der Waals surface area (Å²) in [5, 5.41) is 3.68. The van der Waals surface area contributed by atoms with Crippen molar-refractivity contribution in [1.82, 2.24) is 10.3 Å². The van der Waals surface area contributed by atoms with Crippen LogP contribution in [0.5, 0.6) is 11.5 Å². The van der Waals surface area contributed by atoms with E-state index >= 15 is 0 Å². The third kappa shape index (κ3) is 3.39. The van der Waals surface area contributed by atoms with Gasteiger partial charge in [0.25, 0.3) is 5.91 Å². The molecule has 0 aliphatic heterocycles. The fourth-order valence-electron chi connectivity index (χ4n) is 2.03. The van der Waals surface area contributed by atoms with Crippen molar-refractivity contribution >= 4 is 17.2 Å². The van der Waals surface area contributed by atoms with E-state index in [0.29, 0.717) is 16.4 Å². The van der Waals surface area contributed by atoms with Gasteiger partial charge in [-0.1, -0.05) is 0 Å². The zero-order valence-corrected chi connectivity index (χ0v) is 14.2. The first-order chi connectivity index (χ1) is 10.5. The maximum absolute atomic E-state index is 12.2. The van der Waals surface area contributed by atoms with Gasteiger partial charge in [-0.05, 0) is 39.0 Å². The number of benzene rings is 1. The lowest BCUT2D eigenvalue weighted by Crippen LogP contribution is -2.29. The Balaban J connectivity index is 2.36. The second-order valence-corrected chi connectivity index (χ2v) is 6.13. The van der Waals surface area contributed by atoms with Crippen LogP contribution in [0, 0.1) is 6.92 Å². The van der Waals surface area contributed by atoms with Gasteiger partial charge in [-0.3, -0.25) is 4.79 Å². The van der Waals surface area contributed by atoms with Gasteiger partial charge in [0.2, 0.25) is 0 Å². The number of hydrogen-bond acceptors (Lipinski definition) is 5. The molecule has 1 aromatic carbocycles. The molecule has 2 aromatic rings. The number of nitrogens with one attached hydrogen (secondary N) is 1. The van der Waals surface area contributed by atoms with Gasteiger partial charge in [-0.25, -0.2) is 4.98 Å². The van der Waals surface area contributed by atoms with Gasteiger partial charge in [0, 0.05) is 11.6 Å². The quantitative estimate of drug-likeness (QED) is 0.918. The predicted octanol–water partition coefficient (Wildman–Crippen LogP) is 3.27. The Bertz CT molecular complexity index is 680. The molecule has 2 rings (SSSR count). The number of methoxy groups -OCH3 is 2. The molecule has 0 atom stereocenters. The first-order valence-electron chi connectivity index (χ1n) is 6.97. The highest BCUT2D eigenvalue weighted by Crippen LogP contribution is 2.34. The van der Waals surface area contributed by atoms with Crippen LogP contribution in [-0.4, -0.2) is 31.2 Å². The Morgan fingerprint density at radius 3 is 2.50 bits per heavy atom. The molecule has 22 heavy (non-hydrogen) atoms. The van der Waals surface area contributed by atoms with E-state index in [2.05, 4.69) is 10.3 Å². The van der Waals surface area contributed by atoms with Gasteiger partial charge >= 0.3 is 0 Å². The molecule has 0 fully saturated rings. The van der Waals surface area contributed by atoms with E-state index in [1.165, 1.54) is 11.3 Å². The molecule has 0 saturated heterocycles. The van der Waals surface area contributed by atoms with Crippen LogP contribution in [0.25, 0.3) is 10.6 Å². The maximum atomic E-state index is 12.2. The summed E-state index contributed by atoms with van der Waals surface area (Å²) < 4.78 is 10.5. The number of aromatic nitrogens is 1. The van der Waals surface area contributed by atoms with Crippen LogP contribution in [0.15, 0.2) is 18.2 Å². The van der Waals surface area contributed by atoms with Crippen molar-refractivity contribution in [3.8, 4) is 22.1 Å². The Morgan fingerprint density at radius 1 is 1.23 bits per heavy atom. The molecule has 0 aliphatic carbocycles. The number of hydrogen-bond donors (Lipinski definition) is 1. The van der Waals surface area contributed by atoms with Crippen molar-refractivity contribution in [2.24, 2.45) is 0 Å². The second-order valence-electron chi connectivity index (χ2n) is 5.13. The highest BCUT2D eigenvalue weighted by molar-refractivity contribution is 7.17. The van der Waals surface area contributed by atoms with Crippen LogP contribution in [0.4, 0.5) is 0 Å². The zero-order valence-electron chi connectivity index (χ0n) is 13.4. The molecule has 1 heterocycles. The smallest absolute Gasteiger partial charge is 0.263 e. The number of amides is 1. The van der Waals surface area contributed by atoms with Crippen molar-refractivity contribution in [2.45, 2.75) is 26.8 Å². The van der Waals surface area contributed by atoms with E-state index in [-0.39, 0.29) is 11.9 Å². The Hall–Kier alpha value is -2.08. The fraction of sp³-hybridized carbons (Fsp3) is 0.375. The lowest BCUT2D eigenvalue weighted by Gasteiger charge is -2.08. The highest BCUT2D eigenvalue weighted by atomic mass is 32.1.